The number of rotatable bonds is 0. The van der Waals surface area contributed by atoms with Crippen molar-refractivity contribution in [3.63, 3.8) is 0 Å². The van der Waals surface area contributed by atoms with E-state index < -0.39 is 0 Å². The summed E-state index contributed by atoms with van der Waals surface area (Å²) in [5, 5.41) is 0. The van der Waals surface area contributed by atoms with Gasteiger partial charge in [-0.05, 0) is 31.6 Å². The van der Waals surface area contributed by atoms with Crippen molar-refractivity contribution in [1.82, 2.24) is 4.90 Å². The normalized spacial score (nSPS) is 48.4. The van der Waals surface area contributed by atoms with Crippen LogP contribution >= 0.6 is 0 Å². The van der Waals surface area contributed by atoms with E-state index in [1.54, 1.807) is 0 Å². The van der Waals surface area contributed by atoms with E-state index in [4.69, 9.17) is 5.73 Å². The lowest BCUT2D eigenvalue weighted by molar-refractivity contribution is -0.133. The highest BCUT2D eigenvalue weighted by Gasteiger charge is 2.53. The van der Waals surface area contributed by atoms with Crippen LogP contribution in [0.5, 0.6) is 0 Å². The second kappa shape index (κ2) is 2.47. The van der Waals surface area contributed by atoms with Crippen molar-refractivity contribution in [1.29, 1.82) is 0 Å². The van der Waals surface area contributed by atoms with Gasteiger partial charge in [-0.3, -0.25) is 4.79 Å². The molecule has 2 aliphatic heterocycles. The number of fused-ring (bicyclic) bond motifs is 3. The lowest BCUT2D eigenvalue weighted by Gasteiger charge is -2.37. The van der Waals surface area contributed by atoms with E-state index in [2.05, 4.69) is 4.90 Å². The van der Waals surface area contributed by atoms with Crippen LogP contribution in [0.1, 0.15) is 25.7 Å². The van der Waals surface area contributed by atoms with Gasteiger partial charge < -0.3 is 10.6 Å². The molecule has 3 rings (SSSR count). The fourth-order valence-electron chi connectivity index (χ4n) is 3.21. The number of hydrogen-bond donors (Lipinski definition) is 1. The van der Waals surface area contributed by atoms with Gasteiger partial charge in [0.2, 0.25) is 5.91 Å². The number of nitrogens with zero attached hydrogens (tertiary/aromatic N) is 1. The first-order chi connectivity index (χ1) is 6.27. The lowest BCUT2D eigenvalue weighted by Crippen LogP contribution is -2.46. The average Bonchev–Trinajstić information content (AvgIpc) is 2.18. The Bertz CT molecular complexity index is 253. The summed E-state index contributed by atoms with van der Waals surface area (Å²) in [5.41, 5.74) is 5.93. The minimum absolute atomic E-state index is 0.341. The topological polar surface area (TPSA) is 46.3 Å². The molecule has 3 fully saturated rings. The molecule has 3 heteroatoms. The summed E-state index contributed by atoms with van der Waals surface area (Å²) >= 11 is 0. The number of hydrogen-bond acceptors (Lipinski definition) is 2. The first-order valence-electron chi connectivity index (χ1n) is 5.33. The highest BCUT2D eigenvalue weighted by molar-refractivity contribution is 5.83. The number of nitrogens with two attached hydrogens (primary N) is 1. The Morgan fingerprint density at radius 3 is 2.85 bits per heavy atom. The Morgan fingerprint density at radius 2 is 2.15 bits per heavy atom. The molecule has 1 aliphatic carbocycles. The van der Waals surface area contributed by atoms with Crippen LogP contribution in [0.2, 0.25) is 0 Å². The quantitative estimate of drug-likeness (QED) is 0.584. The zero-order valence-electron chi connectivity index (χ0n) is 7.78. The van der Waals surface area contributed by atoms with Crippen molar-refractivity contribution in [3.05, 3.63) is 0 Å². The number of carbonyl (C=O) groups excluding carboxylic acids is 1. The van der Waals surface area contributed by atoms with Crippen LogP contribution in [0.4, 0.5) is 0 Å². The van der Waals surface area contributed by atoms with Gasteiger partial charge in [0.15, 0.2) is 0 Å². The number of amides is 1. The molecule has 0 radical (unpaired) electrons. The maximum absolute atomic E-state index is 11.8. The molecule has 0 aromatic heterocycles. The van der Waals surface area contributed by atoms with E-state index >= 15 is 0 Å². The van der Waals surface area contributed by atoms with Gasteiger partial charge in [-0.15, -0.1) is 0 Å². The van der Waals surface area contributed by atoms with Crippen LogP contribution in [0.25, 0.3) is 0 Å². The van der Waals surface area contributed by atoms with Crippen molar-refractivity contribution in [2.24, 2.45) is 17.6 Å². The third-order valence-electron chi connectivity index (χ3n) is 4.11. The zero-order valence-corrected chi connectivity index (χ0v) is 7.78. The van der Waals surface area contributed by atoms with E-state index in [9.17, 15) is 4.79 Å². The molecule has 4 atom stereocenters. The standard InChI is InChI=1S/C10H16N2O/c11-6-3-4-12-9(5-6)7-1-2-8(7)10(12)13/h6-9H,1-5,11H2. The molecule has 1 amide bonds. The molecule has 3 aliphatic rings. The second-order valence-electron chi connectivity index (χ2n) is 4.73. The highest BCUT2D eigenvalue weighted by atomic mass is 16.2. The van der Waals surface area contributed by atoms with Crippen LogP contribution in [0.3, 0.4) is 0 Å². The smallest absolute Gasteiger partial charge is 0.226 e. The van der Waals surface area contributed by atoms with Crippen molar-refractivity contribution in [2.45, 2.75) is 37.8 Å². The maximum atomic E-state index is 11.8. The highest BCUT2D eigenvalue weighted by Crippen LogP contribution is 2.48. The van der Waals surface area contributed by atoms with E-state index in [-0.39, 0.29) is 0 Å². The molecule has 1 saturated carbocycles. The minimum Gasteiger partial charge on any atom is -0.339 e. The first kappa shape index (κ1) is 7.80. The zero-order chi connectivity index (χ0) is 9.00. The van der Waals surface area contributed by atoms with Crippen molar-refractivity contribution >= 4 is 5.91 Å². The third kappa shape index (κ3) is 0.909. The summed E-state index contributed by atoms with van der Waals surface area (Å²) < 4.78 is 0. The fraction of sp³-hybridized carbons (Fsp3) is 0.900. The van der Waals surface area contributed by atoms with Crippen LogP contribution in [-0.4, -0.2) is 29.4 Å². The molecule has 0 bridgehead atoms. The molecule has 0 aromatic carbocycles. The summed E-state index contributed by atoms with van der Waals surface area (Å²) in [4.78, 5) is 13.9. The van der Waals surface area contributed by atoms with Gasteiger partial charge in [-0.2, -0.15) is 0 Å². The Hall–Kier alpha value is -0.570. The number of carbonyl (C=O) groups is 1. The van der Waals surface area contributed by atoms with E-state index in [1.165, 1.54) is 6.42 Å². The SMILES string of the molecule is NC1CCN2C(=O)C3CCC3C2C1. The van der Waals surface area contributed by atoms with Gasteiger partial charge in [-0.25, -0.2) is 0 Å². The van der Waals surface area contributed by atoms with Crippen LogP contribution in [0, 0.1) is 11.8 Å². The van der Waals surface area contributed by atoms with Crippen LogP contribution in [-0.2, 0) is 4.79 Å². The molecule has 2 N–H and O–H groups in total. The monoisotopic (exact) mass is 180 g/mol. The van der Waals surface area contributed by atoms with Crippen molar-refractivity contribution < 1.29 is 4.79 Å². The maximum Gasteiger partial charge on any atom is 0.226 e. The molecular weight excluding hydrogens is 164 g/mol. The van der Waals surface area contributed by atoms with Crippen molar-refractivity contribution in [2.75, 3.05) is 6.54 Å². The van der Waals surface area contributed by atoms with Gasteiger partial charge >= 0.3 is 0 Å². The molecule has 0 spiro atoms. The second-order valence-corrected chi connectivity index (χ2v) is 4.73. The van der Waals surface area contributed by atoms with Gasteiger partial charge in [0.1, 0.15) is 0 Å². The molecule has 13 heavy (non-hydrogen) atoms. The van der Waals surface area contributed by atoms with Crippen molar-refractivity contribution in [3.8, 4) is 0 Å². The number of piperidine rings is 1. The van der Waals surface area contributed by atoms with Gasteiger partial charge in [-0.1, -0.05) is 0 Å². The molecule has 2 heterocycles. The predicted octanol–water partition coefficient (Wildman–Crippen LogP) is 0.344. The van der Waals surface area contributed by atoms with Gasteiger partial charge in [0, 0.05) is 24.5 Å². The largest absolute Gasteiger partial charge is 0.339 e. The van der Waals surface area contributed by atoms with Gasteiger partial charge in [0.25, 0.3) is 0 Å². The Morgan fingerprint density at radius 1 is 1.31 bits per heavy atom. The summed E-state index contributed by atoms with van der Waals surface area (Å²) in [5.74, 6) is 1.47. The minimum atomic E-state index is 0.341. The Balaban J connectivity index is 1.85. The molecule has 2 saturated heterocycles. The Kier molecular flexibility index (Phi) is 1.48. The summed E-state index contributed by atoms with van der Waals surface area (Å²) in [6.45, 7) is 0.914. The lowest BCUT2D eigenvalue weighted by atomic mass is 9.71. The van der Waals surface area contributed by atoms with E-state index in [0.717, 1.165) is 25.8 Å². The van der Waals surface area contributed by atoms with Gasteiger partial charge in [0.05, 0.1) is 0 Å². The molecule has 4 unspecified atom stereocenters. The van der Waals surface area contributed by atoms with E-state index in [0.29, 0.717) is 29.8 Å². The van der Waals surface area contributed by atoms with Crippen LogP contribution in [0.15, 0.2) is 0 Å². The fourth-order valence-corrected chi connectivity index (χ4v) is 3.21. The molecular formula is C10H16N2O. The Labute approximate surface area is 78.3 Å². The molecule has 3 nitrogen and oxygen atoms in total. The third-order valence-corrected chi connectivity index (χ3v) is 4.11. The average molecular weight is 180 g/mol. The summed E-state index contributed by atoms with van der Waals surface area (Å²) in [6.07, 6.45) is 4.44. The van der Waals surface area contributed by atoms with Crippen LogP contribution < -0.4 is 5.73 Å². The summed E-state index contributed by atoms with van der Waals surface area (Å²) in [6, 6.07) is 0.850. The molecule has 0 aromatic rings. The predicted molar refractivity (Wildman–Crippen MR) is 48.9 cm³/mol. The van der Waals surface area contributed by atoms with E-state index in [1.807, 2.05) is 0 Å². The first-order valence-corrected chi connectivity index (χ1v) is 5.33. The summed E-state index contributed by atoms with van der Waals surface area (Å²) in [7, 11) is 0. The molecule has 72 valence electrons.